The topological polar surface area (TPSA) is 39.7 Å². The van der Waals surface area contributed by atoms with Gasteiger partial charge in [-0.3, -0.25) is 0 Å². The first-order valence-corrected chi connectivity index (χ1v) is 9.03. The van der Waals surface area contributed by atoms with Gasteiger partial charge in [0.1, 0.15) is 18.1 Å². The van der Waals surface area contributed by atoms with Crippen LogP contribution in [0.1, 0.15) is 32.3 Å². The quantitative estimate of drug-likeness (QED) is 0.759. The summed E-state index contributed by atoms with van der Waals surface area (Å²) >= 11 is 0. The number of anilines is 1. The fourth-order valence-electron chi connectivity index (χ4n) is 2.84. The molecule has 0 aliphatic carbocycles. The molecule has 2 aromatic carbocycles. The Balaban J connectivity index is 1.51. The molecule has 3 rings (SSSR count). The second kappa shape index (κ2) is 8.77. The molecule has 2 aromatic rings. The van der Waals surface area contributed by atoms with Crippen LogP contribution < -0.4 is 14.8 Å². The molecular formula is C21H27NO3. The number of para-hydroxylation sites is 2. The van der Waals surface area contributed by atoms with Gasteiger partial charge >= 0.3 is 0 Å². The molecule has 134 valence electrons. The summed E-state index contributed by atoms with van der Waals surface area (Å²) in [5.41, 5.74) is 2.21. The van der Waals surface area contributed by atoms with Gasteiger partial charge in [0.15, 0.2) is 0 Å². The Morgan fingerprint density at radius 3 is 2.64 bits per heavy atom. The van der Waals surface area contributed by atoms with Crippen LogP contribution in [-0.2, 0) is 11.3 Å². The van der Waals surface area contributed by atoms with Crippen LogP contribution in [0.3, 0.4) is 0 Å². The molecule has 1 aliphatic rings. The standard InChI is InChI=1S/C21H27NO3/c1-16(2)25-21-8-4-3-7-20(21)22-14-17-9-11-18(12-10-17)24-15-19-6-5-13-23-19/h3-4,7-12,16,19,22H,5-6,13-15H2,1-2H3. The number of rotatable bonds is 8. The summed E-state index contributed by atoms with van der Waals surface area (Å²) in [5.74, 6) is 1.77. The summed E-state index contributed by atoms with van der Waals surface area (Å²) in [4.78, 5) is 0. The van der Waals surface area contributed by atoms with E-state index in [2.05, 4.69) is 17.4 Å². The molecule has 4 nitrogen and oxygen atoms in total. The molecule has 1 aliphatic heterocycles. The van der Waals surface area contributed by atoms with E-state index >= 15 is 0 Å². The predicted octanol–water partition coefficient (Wildman–Crippen LogP) is 4.64. The van der Waals surface area contributed by atoms with Gasteiger partial charge < -0.3 is 19.5 Å². The highest BCUT2D eigenvalue weighted by molar-refractivity contribution is 5.56. The third-order valence-electron chi connectivity index (χ3n) is 4.12. The monoisotopic (exact) mass is 341 g/mol. The van der Waals surface area contributed by atoms with Crippen LogP contribution in [-0.4, -0.2) is 25.4 Å². The van der Waals surface area contributed by atoms with Crippen LogP contribution in [0.4, 0.5) is 5.69 Å². The molecule has 0 radical (unpaired) electrons. The van der Waals surface area contributed by atoms with Crippen molar-refractivity contribution in [2.45, 2.75) is 45.4 Å². The zero-order valence-corrected chi connectivity index (χ0v) is 15.0. The Kier molecular flexibility index (Phi) is 6.18. The highest BCUT2D eigenvalue weighted by atomic mass is 16.5. The lowest BCUT2D eigenvalue weighted by Gasteiger charge is -2.15. The highest BCUT2D eigenvalue weighted by Gasteiger charge is 2.15. The van der Waals surface area contributed by atoms with Crippen molar-refractivity contribution in [3.8, 4) is 11.5 Å². The molecule has 1 fully saturated rings. The van der Waals surface area contributed by atoms with Gasteiger partial charge in [-0.15, -0.1) is 0 Å². The average Bonchev–Trinajstić information content (AvgIpc) is 3.13. The SMILES string of the molecule is CC(C)Oc1ccccc1NCc1ccc(OCC2CCCO2)cc1. The molecule has 4 heteroatoms. The van der Waals surface area contributed by atoms with Crippen LogP contribution in [0.5, 0.6) is 11.5 Å². The lowest BCUT2D eigenvalue weighted by molar-refractivity contribution is 0.0679. The second-order valence-electron chi connectivity index (χ2n) is 6.61. The van der Waals surface area contributed by atoms with E-state index in [1.165, 1.54) is 5.56 Å². The Labute approximate surface area is 150 Å². The minimum Gasteiger partial charge on any atom is -0.491 e. The van der Waals surface area contributed by atoms with Gasteiger partial charge in [0, 0.05) is 13.2 Å². The molecule has 1 heterocycles. The van der Waals surface area contributed by atoms with E-state index in [0.29, 0.717) is 6.61 Å². The van der Waals surface area contributed by atoms with Crippen LogP contribution in [0.25, 0.3) is 0 Å². The third kappa shape index (κ3) is 5.40. The van der Waals surface area contributed by atoms with E-state index in [4.69, 9.17) is 14.2 Å². The van der Waals surface area contributed by atoms with Crippen molar-refractivity contribution in [1.29, 1.82) is 0 Å². The van der Waals surface area contributed by atoms with Crippen molar-refractivity contribution in [2.75, 3.05) is 18.5 Å². The fraction of sp³-hybridized carbons (Fsp3) is 0.429. The number of hydrogen-bond acceptors (Lipinski definition) is 4. The maximum absolute atomic E-state index is 5.84. The minimum atomic E-state index is 0.156. The van der Waals surface area contributed by atoms with Crippen LogP contribution >= 0.6 is 0 Å². The zero-order valence-electron chi connectivity index (χ0n) is 15.0. The summed E-state index contributed by atoms with van der Waals surface area (Å²) in [6.07, 6.45) is 2.64. The van der Waals surface area contributed by atoms with E-state index in [1.54, 1.807) is 0 Å². The summed E-state index contributed by atoms with van der Waals surface area (Å²) in [7, 11) is 0. The van der Waals surface area contributed by atoms with E-state index in [1.807, 2.05) is 50.2 Å². The van der Waals surface area contributed by atoms with Crippen molar-refractivity contribution in [1.82, 2.24) is 0 Å². The Morgan fingerprint density at radius 1 is 1.12 bits per heavy atom. The fourth-order valence-corrected chi connectivity index (χ4v) is 2.84. The Hall–Kier alpha value is -2.20. The van der Waals surface area contributed by atoms with Crippen molar-refractivity contribution >= 4 is 5.69 Å². The van der Waals surface area contributed by atoms with Gasteiger partial charge in [0.25, 0.3) is 0 Å². The van der Waals surface area contributed by atoms with Crippen molar-refractivity contribution in [3.63, 3.8) is 0 Å². The Morgan fingerprint density at radius 2 is 1.92 bits per heavy atom. The maximum atomic E-state index is 5.84. The lowest BCUT2D eigenvalue weighted by Crippen LogP contribution is -2.16. The molecule has 0 bridgehead atoms. The van der Waals surface area contributed by atoms with E-state index in [-0.39, 0.29) is 12.2 Å². The third-order valence-corrected chi connectivity index (χ3v) is 4.12. The van der Waals surface area contributed by atoms with E-state index in [9.17, 15) is 0 Å². The molecule has 0 amide bonds. The predicted molar refractivity (Wildman–Crippen MR) is 100 cm³/mol. The van der Waals surface area contributed by atoms with Gasteiger partial charge in [0.2, 0.25) is 0 Å². The number of nitrogens with one attached hydrogen (secondary N) is 1. The first-order chi connectivity index (χ1) is 12.2. The van der Waals surface area contributed by atoms with Gasteiger partial charge in [-0.25, -0.2) is 0 Å². The molecule has 1 atom stereocenters. The normalized spacial score (nSPS) is 16.8. The highest BCUT2D eigenvalue weighted by Crippen LogP contribution is 2.25. The zero-order chi connectivity index (χ0) is 17.5. The Bertz CT molecular complexity index is 648. The maximum Gasteiger partial charge on any atom is 0.142 e. The van der Waals surface area contributed by atoms with Gasteiger partial charge in [-0.2, -0.15) is 0 Å². The first kappa shape index (κ1) is 17.6. The average molecular weight is 341 g/mol. The molecule has 0 aromatic heterocycles. The van der Waals surface area contributed by atoms with Crippen molar-refractivity contribution in [3.05, 3.63) is 54.1 Å². The molecule has 0 saturated carbocycles. The minimum absolute atomic E-state index is 0.156. The summed E-state index contributed by atoms with van der Waals surface area (Å²) in [5, 5.41) is 3.45. The number of ether oxygens (including phenoxy) is 3. The molecule has 1 N–H and O–H groups in total. The largest absolute Gasteiger partial charge is 0.491 e. The van der Waals surface area contributed by atoms with Gasteiger partial charge in [0.05, 0.1) is 17.9 Å². The molecule has 1 unspecified atom stereocenters. The van der Waals surface area contributed by atoms with Crippen molar-refractivity contribution < 1.29 is 14.2 Å². The summed E-state index contributed by atoms with van der Waals surface area (Å²) in [6.45, 7) is 6.31. The summed E-state index contributed by atoms with van der Waals surface area (Å²) < 4.78 is 17.2. The van der Waals surface area contributed by atoms with Crippen LogP contribution in [0.15, 0.2) is 48.5 Å². The molecule has 25 heavy (non-hydrogen) atoms. The van der Waals surface area contributed by atoms with E-state index in [0.717, 1.165) is 43.2 Å². The molecule has 0 spiro atoms. The van der Waals surface area contributed by atoms with Crippen LogP contribution in [0.2, 0.25) is 0 Å². The number of hydrogen-bond donors (Lipinski definition) is 1. The smallest absolute Gasteiger partial charge is 0.142 e. The molecular weight excluding hydrogens is 314 g/mol. The first-order valence-electron chi connectivity index (χ1n) is 9.03. The van der Waals surface area contributed by atoms with Crippen molar-refractivity contribution in [2.24, 2.45) is 0 Å². The second-order valence-corrected chi connectivity index (χ2v) is 6.61. The van der Waals surface area contributed by atoms with E-state index < -0.39 is 0 Å². The lowest BCUT2D eigenvalue weighted by atomic mass is 10.2. The van der Waals surface area contributed by atoms with Gasteiger partial charge in [-0.1, -0.05) is 24.3 Å². The van der Waals surface area contributed by atoms with Crippen LogP contribution in [0, 0.1) is 0 Å². The number of benzene rings is 2. The van der Waals surface area contributed by atoms with Gasteiger partial charge in [-0.05, 0) is 56.5 Å². The summed E-state index contributed by atoms with van der Waals surface area (Å²) in [6, 6.07) is 16.2. The molecule has 1 saturated heterocycles.